The first-order chi connectivity index (χ1) is 17.0. The van der Waals surface area contributed by atoms with E-state index in [2.05, 4.69) is 4.99 Å². The first kappa shape index (κ1) is 24.1. The van der Waals surface area contributed by atoms with Crippen LogP contribution in [0.1, 0.15) is 5.56 Å². The molecular formula is C24H24N2O8S. The van der Waals surface area contributed by atoms with Crippen LogP contribution in [0, 0.1) is 0 Å². The molecule has 1 aliphatic rings. The third-order valence-electron chi connectivity index (χ3n) is 5.17. The Hall–Kier alpha value is -3.99. The number of ether oxygens (including phenoxy) is 6. The van der Waals surface area contributed by atoms with Gasteiger partial charge in [-0.05, 0) is 23.8 Å². The van der Waals surface area contributed by atoms with Gasteiger partial charge in [0, 0.05) is 18.2 Å². The topological polar surface area (TPSA) is 107 Å². The van der Waals surface area contributed by atoms with E-state index >= 15 is 0 Å². The maximum Gasteiger partial charge on any atom is 0.325 e. The molecule has 0 fully saturated rings. The standard InChI is InChI=1S/C24H24N2O8S/c1-29-18-9-14(10-19(30-2)23(18)32-4)5-6-21(27)25-24-26(13-22(28)31-3)15-11-16-17(12-20(15)35-24)34-8-7-33-16/h5-6,9-12H,7-8,13H2,1-4H3. The molecule has 0 unspecified atom stereocenters. The largest absolute Gasteiger partial charge is 0.493 e. The van der Waals surface area contributed by atoms with E-state index in [1.165, 1.54) is 45.9 Å². The highest BCUT2D eigenvalue weighted by Crippen LogP contribution is 2.38. The van der Waals surface area contributed by atoms with Gasteiger partial charge in [0.05, 0.1) is 38.7 Å². The summed E-state index contributed by atoms with van der Waals surface area (Å²) in [4.78, 5) is 29.4. The van der Waals surface area contributed by atoms with Crippen molar-refractivity contribution < 1.29 is 38.0 Å². The third kappa shape index (κ3) is 5.09. The molecule has 0 saturated heterocycles. The molecule has 0 atom stereocenters. The molecule has 0 radical (unpaired) electrons. The number of fused-ring (bicyclic) bond motifs is 2. The Balaban J connectivity index is 1.72. The van der Waals surface area contributed by atoms with Crippen molar-refractivity contribution in [1.29, 1.82) is 0 Å². The highest BCUT2D eigenvalue weighted by atomic mass is 32.1. The highest BCUT2D eigenvalue weighted by molar-refractivity contribution is 7.16. The Kier molecular flexibility index (Phi) is 7.25. The maximum absolute atomic E-state index is 12.7. The van der Waals surface area contributed by atoms with E-state index in [0.717, 1.165) is 4.70 Å². The number of methoxy groups -OCH3 is 4. The molecule has 2 heterocycles. The molecular weight excluding hydrogens is 476 g/mol. The van der Waals surface area contributed by atoms with E-state index in [0.29, 0.717) is 57.8 Å². The SMILES string of the molecule is COC(=O)Cn1c(=NC(=O)C=Cc2cc(OC)c(OC)c(OC)c2)sc2cc3c(cc21)OCCO3. The predicted octanol–water partition coefficient (Wildman–Crippen LogP) is 2.81. The number of thiazole rings is 1. The summed E-state index contributed by atoms with van der Waals surface area (Å²) >= 11 is 1.26. The fraction of sp³-hybridized carbons (Fsp3) is 0.292. The second-order valence-electron chi connectivity index (χ2n) is 7.25. The summed E-state index contributed by atoms with van der Waals surface area (Å²) in [6.07, 6.45) is 2.92. The molecule has 0 bridgehead atoms. The number of hydrogen-bond donors (Lipinski definition) is 0. The smallest absolute Gasteiger partial charge is 0.325 e. The van der Waals surface area contributed by atoms with Gasteiger partial charge in [0.25, 0.3) is 5.91 Å². The van der Waals surface area contributed by atoms with E-state index in [9.17, 15) is 9.59 Å². The predicted molar refractivity (Wildman–Crippen MR) is 129 cm³/mol. The molecule has 184 valence electrons. The summed E-state index contributed by atoms with van der Waals surface area (Å²) < 4.78 is 34.6. The van der Waals surface area contributed by atoms with Crippen LogP contribution in [0.15, 0.2) is 35.3 Å². The highest BCUT2D eigenvalue weighted by Gasteiger charge is 2.18. The third-order valence-corrected chi connectivity index (χ3v) is 6.21. The minimum absolute atomic E-state index is 0.112. The fourth-order valence-corrected chi connectivity index (χ4v) is 4.58. The molecule has 11 heteroatoms. The van der Waals surface area contributed by atoms with E-state index in [1.54, 1.807) is 28.8 Å². The van der Waals surface area contributed by atoms with Crippen molar-refractivity contribution in [1.82, 2.24) is 4.57 Å². The van der Waals surface area contributed by atoms with Crippen LogP contribution in [0.5, 0.6) is 28.7 Å². The van der Waals surface area contributed by atoms with Crippen LogP contribution >= 0.6 is 11.3 Å². The molecule has 1 aromatic heterocycles. The number of benzene rings is 2. The monoisotopic (exact) mass is 500 g/mol. The van der Waals surface area contributed by atoms with E-state index in [4.69, 9.17) is 28.4 Å². The van der Waals surface area contributed by atoms with Gasteiger partial charge in [-0.2, -0.15) is 4.99 Å². The lowest BCUT2D eigenvalue weighted by molar-refractivity contribution is -0.141. The van der Waals surface area contributed by atoms with Crippen LogP contribution in [0.3, 0.4) is 0 Å². The zero-order valence-corrected chi connectivity index (χ0v) is 20.5. The van der Waals surface area contributed by atoms with Gasteiger partial charge >= 0.3 is 5.97 Å². The van der Waals surface area contributed by atoms with E-state index in [-0.39, 0.29) is 6.54 Å². The molecule has 3 aromatic rings. The van der Waals surface area contributed by atoms with Gasteiger partial charge < -0.3 is 33.0 Å². The zero-order valence-electron chi connectivity index (χ0n) is 19.7. The molecule has 35 heavy (non-hydrogen) atoms. The van der Waals surface area contributed by atoms with Crippen LogP contribution in [0.25, 0.3) is 16.3 Å². The van der Waals surface area contributed by atoms with Crippen molar-refractivity contribution in [3.63, 3.8) is 0 Å². The molecule has 0 aliphatic carbocycles. The number of aromatic nitrogens is 1. The second kappa shape index (κ2) is 10.5. The van der Waals surface area contributed by atoms with Gasteiger partial charge in [-0.3, -0.25) is 9.59 Å². The van der Waals surface area contributed by atoms with Crippen molar-refractivity contribution in [2.75, 3.05) is 41.7 Å². The van der Waals surface area contributed by atoms with Gasteiger partial charge in [-0.25, -0.2) is 0 Å². The zero-order chi connectivity index (χ0) is 24.9. The lowest BCUT2D eigenvalue weighted by atomic mass is 10.1. The Morgan fingerprint density at radius 3 is 2.26 bits per heavy atom. The van der Waals surface area contributed by atoms with Crippen molar-refractivity contribution in [2.24, 2.45) is 4.99 Å². The molecule has 0 N–H and O–H groups in total. The molecule has 4 rings (SSSR count). The van der Waals surface area contributed by atoms with Crippen LogP contribution in [-0.2, 0) is 20.9 Å². The fourth-order valence-electron chi connectivity index (χ4n) is 3.53. The number of hydrogen-bond acceptors (Lipinski definition) is 9. The van der Waals surface area contributed by atoms with E-state index < -0.39 is 11.9 Å². The van der Waals surface area contributed by atoms with Gasteiger partial charge in [0.2, 0.25) is 5.75 Å². The summed E-state index contributed by atoms with van der Waals surface area (Å²) in [6.45, 7) is 0.771. The summed E-state index contributed by atoms with van der Waals surface area (Å²) in [5.74, 6) is 1.57. The Morgan fingerprint density at radius 1 is 1.00 bits per heavy atom. The normalized spacial score (nSPS) is 13.2. The molecule has 10 nitrogen and oxygen atoms in total. The van der Waals surface area contributed by atoms with Crippen LogP contribution in [0.4, 0.5) is 0 Å². The lowest BCUT2D eigenvalue weighted by Crippen LogP contribution is -2.22. The van der Waals surface area contributed by atoms with Gasteiger partial charge in [0.15, 0.2) is 27.8 Å². The van der Waals surface area contributed by atoms with Crippen molar-refractivity contribution in [3.8, 4) is 28.7 Å². The average Bonchev–Trinajstić information content (AvgIpc) is 3.20. The van der Waals surface area contributed by atoms with Gasteiger partial charge in [-0.1, -0.05) is 11.3 Å². The van der Waals surface area contributed by atoms with Crippen molar-refractivity contribution in [2.45, 2.75) is 6.54 Å². The van der Waals surface area contributed by atoms with Gasteiger partial charge in [-0.15, -0.1) is 0 Å². The average molecular weight is 501 g/mol. The Labute approximate surface area is 204 Å². The Morgan fingerprint density at radius 2 is 1.66 bits per heavy atom. The molecule has 1 amide bonds. The number of amides is 1. The molecule has 0 saturated carbocycles. The maximum atomic E-state index is 12.7. The molecule has 0 spiro atoms. The first-order valence-electron chi connectivity index (χ1n) is 10.5. The molecule has 2 aromatic carbocycles. The summed E-state index contributed by atoms with van der Waals surface area (Å²) in [5, 5.41) is 0. The Bertz CT molecular complexity index is 1350. The lowest BCUT2D eigenvalue weighted by Gasteiger charge is -2.18. The van der Waals surface area contributed by atoms with Crippen LogP contribution in [0.2, 0.25) is 0 Å². The quantitative estimate of drug-likeness (QED) is 0.360. The first-order valence-corrected chi connectivity index (χ1v) is 11.4. The second-order valence-corrected chi connectivity index (χ2v) is 8.26. The minimum atomic E-state index is -0.513. The number of rotatable bonds is 7. The number of esters is 1. The number of carbonyl (C=O) groups is 2. The summed E-state index contributed by atoms with van der Waals surface area (Å²) in [6, 6.07) is 7.02. The van der Waals surface area contributed by atoms with E-state index in [1.807, 2.05) is 6.07 Å². The van der Waals surface area contributed by atoms with Gasteiger partial charge in [0.1, 0.15) is 19.8 Å². The van der Waals surface area contributed by atoms with Crippen molar-refractivity contribution >= 4 is 39.5 Å². The molecule has 1 aliphatic heterocycles. The van der Waals surface area contributed by atoms with Crippen molar-refractivity contribution in [3.05, 3.63) is 40.7 Å². The van der Waals surface area contributed by atoms with Crippen LogP contribution < -0.4 is 28.5 Å². The summed E-state index contributed by atoms with van der Waals surface area (Å²) in [5.41, 5.74) is 1.34. The number of carbonyl (C=O) groups excluding carboxylic acids is 2. The number of nitrogens with zero attached hydrogens (tertiary/aromatic N) is 2. The van der Waals surface area contributed by atoms with Crippen LogP contribution in [-0.4, -0.2) is 58.1 Å². The summed E-state index contributed by atoms with van der Waals surface area (Å²) in [7, 11) is 5.85. The minimum Gasteiger partial charge on any atom is -0.493 e.